The molecule has 100 valence electrons. The number of carbonyl (C=O) groups is 1. The number of para-hydroxylation sites is 3. The SMILES string of the molecule is COc1ccccc1NC(=O)c1ccccc1N=C=O. The number of ether oxygens (including phenoxy) is 1. The summed E-state index contributed by atoms with van der Waals surface area (Å²) >= 11 is 0. The minimum atomic E-state index is -0.371. The summed E-state index contributed by atoms with van der Waals surface area (Å²) in [4.78, 5) is 26.1. The summed E-state index contributed by atoms with van der Waals surface area (Å²) in [7, 11) is 1.52. The molecule has 2 rings (SSSR count). The van der Waals surface area contributed by atoms with Crippen molar-refractivity contribution in [1.29, 1.82) is 0 Å². The molecule has 20 heavy (non-hydrogen) atoms. The molecule has 0 aliphatic rings. The highest BCUT2D eigenvalue weighted by molar-refractivity contribution is 6.08. The van der Waals surface area contributed by atoms with E-state index >= 15 is 0 Å². The molecule has 0 fully saturated rings. The maximum Gasteiger partial charge on any atom is 0.257 e. The van der Waals surface area contributed by atoms with Crippen LogP contribution in [0.1, 0.15) is 10.4 Å². The van der Waals surface area contributed by atoms with E-state index in [2.05, 4.69) is 10.3 Å². The molecule has 0 aliphatic heterocycles. The van der Waals surface area contributed by atoms with Crippen molar-refractivity contribution in [2.24, 2.45) is 4.99 Å². The first-order valence-corrected chi connectivity index (χ1v) is 5.87. The lowest BCUT2D eigenvalue weighted by atomic mass is 10.1. The van der Waals surface area contributed by atoms with Crippen LogP contribution in [0.5, 0.6) is 5.75 Å². The maximum absolute atomic E-state index is 12.2. The molecule has 0 heterocycles. The first-order chi connectivity index (χ1) is 9.76. The number of carbonyl (C=O) groups excluding carboxylic acids is 2. The van der Waals surface area contributed by atoms with Crippen molar-refractivity contribution < 1.29 is 14.3 Å². The van der Waals surface area contributed by atoms with Crippen molar-refractivity contribution >= 4 is 23.4 Å². The first-order valence-electron chi connectivity index (χ1n) is 5.87. The van der Waals surface area contributed by atoms with Crippen LogP contribution in [-0.4, -0.2) is 19.1 Å². The molecule has 5 heteroatoms. The Balaban J connectivity index is 2.31. The number of nitrogens with zero attached hydrogens (tertiary/aromatic N) is 1. The van der Waals surface area contributed by atoms with Crippen LogP contribution in [0.4, 0.5) is 11.4 Å². The molecule has 0 aliphatic carbocycles. The van der Waals surface area contributed by atoms with Gasteiger partial charge in [-0.2, -0.15) is 4.99 Å². The predicted molar refractivity (Wildman–Crippen MR) is 75.2 cm³/mol. The van der Waals surface area contributed by atoms with Gasteiger partial charge in [0.25, 0.3) is 5.91 Å². The lowest BCUT2D eigenvalue weighted by Crippen LogP contribution is -2.12. The van der Waals surface area contributed by atoms with E-state index in [4.69, 9.17) is 4.74 Å². The molecule has 2 aromatic rings. The second-order valence-corrected chi connectivity index (χ2v) is 3.87. The number of rotatable bonds is 4. The second-order valence-electron chi connectivity index (χ2n) is 3.87. The average molecular weight is 268 g/mol. The highest BCUT2D eigenvalue weighted by Gasteiger charge is 2.12. The Kier molecular flexibility index (Phi) is 4.27. The fourth-order valence-electron chi connectivity index (χ4n) is 1.75. The lowest BCUT2D eigenvalue weighted by Gasteiger charge is -2.10. The molecule has 0 spiro atoms. The molecule has 2 aromatic carbocycles. The zero-order chi connectivity index (χ0) is 14.4. The second kappa shape index (κ2) is 6.31. The predicted octanol–water partition coefficient (Wildman–Crippen LogP) is 2.91. The van der Waals surface area contributed by atoms with E-state index in [0.717, 1.165) is 0 Å². The van der Waals surface area contributed by atoms with E-state index in [1.165, 1.54) is 13.2 Å². The Labute approximate surface area is 115 Å². The third-order valence-corrected chi connectivity index (χ3v) is 2.67. The van der Waals surface area contributed by atoms with Crippen molar-refractivity contribution in [3.63, 3.8) is 0 Å². The van der Waals surface area contributed by atoms with E-state index in [1.54, 1.807) is 48.5 Å². The van der Waals surface area contributed by atoms with Crippen molar-refractivity contribution in [3.8, 4) is 5.75 Å². The summed E-state index contributed by atoms with van der Waals surface area (Å²) in [6, 6.07) is 13.6. The zero-order valence-electron chi connectivity index (χ0n) is 10.8. The maximum atomic E-state index is 12.2. The summed E-state index contributed by atoms with van der Waals surface area (Å²) in [6.07, 6.45) is 1.44. The molecule has 0 aromatic heterocycles. The van der Waals surface area contributed by atoms with Crippen LogP contribution in [0, 0.1) is 0 Å². The van der Waals surface area contributed by atoms with Crippen molar-refractivity contribution in [2.45, 2.75) is 0 Å². The minimum absolute atomic E-state index is 0.273. The van der Waals surface area contributed by atoms with Crippen molar-refractivity contribution in [1.82, 2.24) is 0 Å². The molecule has 1 amide bonds. The van der Waals surface area contributed by atoms with Crippen LogP contribution in [0.2, 0.25) is 0 Å². The smallest absolute Gasteiger partial charge is 0.257 e. The highest BCUT2D eigenvalue weighted by atomic mass is 16.5. The summed E-state index contributed by atoms with van der Waals surface area (Å²) in [5.41, 5.74) is 1.11. The quantitative estimate of drug-likeness (QED) is 0.684. The van der Waals surface area contributed by atoms with Gasteiger partial charge in [0, 0.05) is 0 Å². The number of methoxy groups -OCH3 is 1. The van der Waals surface area contributed by atoms with Gasteiger partial charge in [-0.15, -0.1) is 0 Å². The molecular formula is C15H12N2O3. The number of anilines is 1. The van der Waals surface area contributed by atoms with Crippen LogP contribution in [-0.2, 0) is 4.79 Å². The third kappa shape index (κ3) is 2.91. The molecular weight excluding hydrogens is 256 g/mol. The number of amides is 1. The van der Waals surface area contributed by atoms with Crippen molar-refractivity contribution in [2.75, 3.05) is 12.4 Å². The van der Waals surface area contributed by atoms with E-state index < -0.39 is 0 Å². The highest BCUT2D eigenvalue weighted by Crippen LogP contribution is 2.25. The topological polar surface area (TPSA) is 67.8 Å². The normalized spacial score (nSPS) is 9.45. The number of hydrogen-bond donors (Lipinski definition) is 1. The molecule has 5 nitrogen and oxygen atoms in total. The average Bonchev–Trinajstić information content (AvgIpc) is 2.48. The molecule has 0 unspecified atom stereocenters. The Hall–Kier alpha value is -2.91. The van der Waals surface area contributed by atoms with Gasteiger partial charge in [-0.3, -0.25) is 4.79 Å². The molecule has 0 atom stereocenters. The van der Waals surface area contributed by atoms with Gasteiger partial charge in [-0.25, -0.2) is 4.79 Å². The van der Waals surface area contributed by atoms with Crippen LogP contribution < -0.4 is 10.1 Å². The standard InChI is InChI=1S/C15H12N2O3/c1-20-14-9-5-4-8-13(14)17-15(19)11-6-2-3-7-12(11)16-10-18/h2-9H,1H3,(H,17,19). The minimum Gasteiger partial charge on any atom is -0.495 e. The Bertz CT molecular complexity index is 676. The fraction of sp³-hybridized carbons (Fsp3) is 0.0667. The number of benzene rings is 2. The summed E-state index contributed by atoms with van der Waals surface area (Å²) < 4.78 is 5.16. The van der Waals surface area contributed by atoms with Crippen LogP contribution >= 0.6 is 0 Å². The van der Waals surface area contributed by atoms with Gasteiger partial charge in [0.2, 0.25) is 6.08 Å². The van der Waals surface area contributed by atoms with Gasteiger partial charge in [0.1, 0.15) is 5.75 Å². The molecule has 0 saturated heterocycles. The van der Waals surface area contributed by atoms with E-state index in [0.29, 0.717) is 17.0 Å². The van der Waals surface area contributed by atoms with Gasteiger partial charge < -0.3 is 10.1 Å². The van der Waals surface area contributed by atoms with Crippen LogP contribution in [0.15, 0.2) is 53.5 Å². The monoisotopic (exact) mass is 268 g/mol. The van der Waals surface area contributed by atoms with E-state index in [-0.39, 0.29) is 11.6 Å². The van der Waals surface area contributed by atoms with Gasteiger partial charge in [0.05, 0.1) is 24.0 Å². The van der Waals surface area contributed by atoms with Crippen LogP contribution in [0.3, 0.4) is 0 Å². The lowest BCUT2D eigenvalue weighted by molar-refractivity contribution is 0.102. The Morgan fingerprint density at radius 3 is 2.60 bits per heavy atom. The van der Waals surface area contributed by atoms with Gasteiger partial charge in [-0.05, 0) is 24.3 Å². The third-order valence-electron chi connectivity index (χ3n) is 2.67. The molecule has 0 saturated carbocycles. The summed E-state index contributed by atoms with van der Waals surface area (Å²) in [5.74, 6) is 0.182. The number of hydrogen-bond acceptors (Lipinski definition) is 4. The van der Waals surface area contributed by atoms with Crippen LogP contribution in [0.25, 0.3) is 0 Å². The Morgan fingerprint density at radius 1 is 1.15 bits per heavy atom. The van der Waals surface area contributed by atoms with E-state index in [1.807, 2.05) is 0 Å². The zero-order valence-corrected chi connectivity index (χ0v) is 10.8. The summed E-state index contributed by atoms with van der Waals surface area (Å²) in [6.45, 7) is 0. The molecule has 1 N–H and O–H groups in total. The largest absolute Gasteiger partial charge is 0.495 e. The number of aliphatic imine (C=N–C) groups is 1. The van der Waals surface area contributed by atoms with Gasteiger partial charge in [-0.1, -0.05) is 24.3 Å². The van der Waals surface area contributed by atoms with Gasteiger partial charge in [0.15, 0.2) is 0 Å². The molecule has 0 radical (unpaired) electrons. The fourth-order valence-corrected chi connectivity index (χ4v) is 1.75. The summed E-state index contributed by atoms with van der Waals surface area (Å²) in [5, 5.41) is 2.72. The number of nitrogens with one attached hydrogen (secondary N) is 1. The Morgan fingerprint density at radius 2 is 1.85 bits per heavy atom. The molecule has 0 bridgehead atoms. The van der Waals surface area contributed by atoms with Gasteiger partial charge >= 0.3 is 0 Å². The number of isocyanates is 1. The van der Waals surface area contributed by atoms with E-state index in [9.17, 15) is 9.59 Å². The van der Waals surface area contributed by atoms with Crippen molar-refractivity contribution in [3.05, 3.63) is 54.1 Å². The first kappa shape index (κ1) is 13.5.